The van der Waals surface area contributed by atoms with Crippen LogP contribution < -0.4 is 0 Å². The Morgan fingerprint density at radius 3 is 1.11 bits per heavy atom. The Hall–Kier alpha value is -5.55. The molecule has 8 bridgehead atoms. The second-order valence-electron chi connectivity index (χ2n) is 20.6. The summed E-state index contributed by atoms with van der Waals surface area (Å²) in [5, 5.41) is 0. The average Bonchev–Trinajstić information content (AvgIpc) is 4.02. The number of aldehydes is 1. The van der Waals surface area contributed by atoms with Crippen molar-refractivity contribution >= 4 is 52.7 Å². The van der Waals surface area contributed by atoms with Gasteiger partial charge in [0.2, 0.25) is 0 Å². The summed E-state index contributed by atoms with van der Waals surface area (Å²) < 4.78 is 0. The van der Waals surface area contributed by atoms with E-state index < -0.39 is 0 Å². The topological polar surface area (TPSA) is 74.4 Å². The maximum Gasteiger partial charge on any atom is 0.154 e. The summed E-state index contributed by atoms with van der Waals surface area (Å²) in [6.07, 6.45) is 9.22. The Morgan fingerprint density at radius 2 is 0.738 bits per heavy atom. The van der Waals surface area contributed by atoms with Gasteiger partial charge in [-0.05, 0) is 109 Å². The summed E-state index contributed by atoms with van der Waals surface area (Å²) in [6, 6.07) is 32.9. The zero-order chi connectivity index (χ0) is 42.9. The number of fused-ring (bicyclic) bond motifs is 8. The van der Waals surface area contributed by atoms with Crippen molar-refractivity contribution in [3.63, 3.8) is 0 Å². The average molecular weight is 855 g/mol. The van der Waals surface area contributed by atoms with Gasteiger partial charge in [0.25, 0.3) is 0 Å². The van der Waals surface area contributed by atoms with Crippen LogP contribution >= 0.6 is 0 Å². The van der Waals surface area contributed by atoms with Gasteiger partial charge in [-0.2, -0.15) is 0 Å². The van der Waals surface area contributed by atoms with E-state index in [0.717, 1.165) is 73.3 Å². The third kappa shape index (κ3) is 8.54. The third-order valence-electron chi connectivity index (χ3n) is 11.9. The van der Waals surface area contributed by atoms with Gasteiger partial charge in [0.15, 0.2) is 6.29 Å². The molecule has 2 aliphatic rings. The van der Waals surface area contributed by atoms with Gasteiger partial charge in [-0.25, -0.2) is 9.97 Å². The van der Waals surface area contributed by atoms with E-state index in [1.54, 1.807) is 0 Å². The van der Waals surface area contributed by atoms with Gasteiger partial charge in [0.1, 0.15) is 0 Å². The molecular weight excluding hydrogens is 796 g/mol. The molecular formula is C55H58CuN4O. The Bertz CT molecular complexity index is 2780. The Kier molecular flexibility index (Phi) is 11.2. The zero-order valence-corrected chi connectivity index (χ0v) is 38.6. The second kappa shape index (κ2) is 15.7. The minimum atomic E-state index is -0.0855. The number of aromatic nitrogens is 4. The maximum absolute atomic E-state index is 13.2. The molecule has 61 heavy (non-hydrogen) atoms. The maximum atomic E-state index is 13.2. The first-order chi connectivity index (χ1) is 28.2. The number of hydrogen-bond acceptors (Lipinski definition) is 3. The van der Waals surface area contributed by atoms with Crippen molar-refractivity contribution in [2.75, 3.05) is 0 Å². The number of nitrogens with one attached hydrogen (secondary N) is 2. The summed E-state index contributed by atoms with van der Waals surface area (Å²) in [4.78, 5) is 31.5. The van der Waals surface area contributed by atoms with Crippen LogP contribution in [0.4, 0.5) is 0 Å². The molecule has 0 saturated carbocycles. The van der Waals surface area contributed by atoms with Crippen molar-refractivity contribution in [3.8, 4) is 33.4 Å². The molecule has 0 fully saturated rings. The van der Waals surface area contributed by atoms with Gasteiger partial charge in [-0.15, -0.1) is 0 Å². The number of rotatable bonds is 4. The monoisotopic (exact) mass is 853 g/mol. The van der Waals surface area contributed by atoms with Crippen molar-refractivity contribution in [1.82, 2.24) is 19.9 Å². The van der Waals surface area contributed by atoms with E-state index in [9.17, 15) is 4.79 Å². The predicted octanol–water partition coefficient (Wildman–Crippen LogP) is 14.7. The second-order valence-corrected chi connectivity index (χ2v) is 20.6. The smallest absolute Gasteiger partial charge is 0.154 e. The van der Waals surface area contributed by atoms with Crippen LogP contribution in [0.1, 0.15) is 138 Å². The first-order valence-corrected chi connectivity index (χ1v) is 21.2. The minimum Gasteiger partial charge on any atom is -0.354 e. The molecule has 2 N–H and O–H groups in total. The van der Waals surface area contributed by atoms with Gasteiger partial charge < -0.3 is 9.97 Å². The Morgan fingerprint density at radius 1 is 0.410 bits per heavy atom. The molecule has 6 aromatic rings. The molecule has 0 aliphatic carbocycles. The number of benzene rings is 3. The van der Waals surface area contributed by atoms with Gasteiger partial charge in [0.05, 0.1) is 33.9 Å². The van der Waals surface area contributed by atoms with Crippen LogP contribution in [0.5, 0.6) is 0 Å². The van der Waals surface area contributed by atoms with Gasteiger partial charge in [0, 0.05) is 50.3 Å². The van der Waals surface area contributed by atoms with Crippen molar-refractivity contribution in [3.05, 3.63) is 142 Å². The SMILES string of the molecule is CC(C)(C)c1cc(-c2c3nc(c(-c4ccccc4)c4ccc([nH]4)c(-c4cc(C(C)(C)C)cc(C(C)(C)C)c4)c4nc(c(C=O)c5ccc2[nH]5)C=C4)C=C3)cc(C(C)(C)C)c1.[Cu]. The number of carbonyl (C=O) groups is 1. The van der Waals surface area contributed by atoms with Crippen LogP contribution in [0.15, 0.2) is 91.0 Å². The van der Waals surface area contributed by atoms with Gasteiger partial charge >= 0.3 is 0 Å². The van der Waals surface area contributed by atoms with E-state index >= 15 is 0 Å². The summed E-state index contributed by atoms with van der Waals surface area (Å²) in [6.45, 7) is 27.2. The zero-order valence-electron chi connectivity index (χ0n) is 37.7. The molecule has 8 rings (SSSR count). The van der Waals surface area contributed by atoms with E-state index in [-0.39, 0.29) is 38.7 Å². The largest absolute Gasteiger partial charge is 0.354 e. The van der Waals surface area contributed by atoms with E-state index in [1.165, 1.54) is 22.3 Å². The summed E-state index contributed by atoms with van der Waals surface area (Å²) in [5.41, 5.74) is 17.9. The van der Waals surface area contributed by atoms with Crippen molar-refractivity contribution in [2.24, 2.45) is 0 Å². The molecule has 3 aromatic heterocycles. The first-order valence-electron chi connectivity index (χ1n) is 21.2. The van der Waals surface area contributed by atoms with Gasteiger partial charge in [-0.1, -0.05) is 150 Å². The van der Waals surface area contributed by atoms with Crippen LogP contribution in [0.3, 0.4) is 0 Å². The third-order valence-corrected chi connectivity index (χ3v) is 11.9. The number of aromatic amines is 2. The fraction of sp³-hybridized carbons (Fsp3) is 0.291. The van der Waals surface area contributed by atoms with Crippen molar-refractivity contribution < 1.29 is 21.9 Å². The quantitative estimate of drug-likeness (QED) is 0.137. The van der Waals surface area contributed by atoms with E-state index in [1.807, 2.05) is 18.2 Å². The number of carbonyl (C=O) groups excluding carboxylic acids is 1. The normalized spacial score (nSPS) is 13.0. The van der Waals surface area contributed by atoms with Crippen LogP contribution in [-0.4, -0.2) is 26.2 Å². The number of H-pyrrole nitrogens is 2. The molecule has 5 nitrogen and oxygen atoms in total. The summed E-state index contributed by atoms with van der Waals surface area (Å²) in [7, 11) is 0. The molecule has 0 unspecified atom stereocenters. The van der Waals surface area contributed by atoms with Crippen molar-refractivity contribution in [2.45, 2.75) is 105 Å². The fourth-order valence-electron chi connectivity index (χ4n) is 8.14. The van der Waals surface area contributed by atoms with E-state index in [2.05, 4.69) is 190 Å². The molecule has 3 aromatic carbocycles. The molecule has 0 amide bonds. The van der Waals surface area contributed by atoms with Crippen LogP contribution in [0.25, 0.3) is 79.8 Å². The minimum absolute atomic E-state index is 0. The predicted molar refractivity (Wildman–Crippen MR) is 255 cm³/mol. The van der Waals surface area contributed by atoms with Crippen LogP contribution in [0.2, 0.25) is 0 Å². The Balaban J connectivity index is 0.00000561. The molecule has 1 radical (unpaired) electrons. The standard InChI is InChI=1S/C55H58N4O.Cu/c1-52(2,3)36-26-34(27-37(30-36)53(4,5)6)50-45-20-18-41(56-45)40(32-60)42-19-21-46(57-42)51(35-28-38(54(7,8)9)31-39(29-35)55(10,11)12)48-25-23-44(59-48)49(33-16-14-13-15-17-33)43-22-24-47(50)58-43;/h13-32,56,59H,1-12H3;. The van der Waals surface area contributed by atoms with E-state index in [4.69, 9.17) is 9.97 Å². The molecule has 0 atom stereocenters. The Labute approximate surface area is 372 Å². The molecule has 0 saturated heterocycles. The van der Waals surface area contributed by atoms with Gasteiger partial charge in [-0.3, -0.25) is 4.79 Å². The first kappa shape index (κ1) is 43.5. The fourth-order valence-corrected chi connectivity index (χ4v) is 8.14. The van der Waals surface area contributed by atoms with E-state index in [0.29, 0.717) is 16.8 Å². The number of hydrogen-bond donors (Lipinski definition) is 2. The van der Waals surface area contributed by atoms with Crippen molar-refractivity contribution in [1.29, 1.82) is 0 Å². The molecule has 5 heterocycles. The molecule has 6 heteroatoms. The number of nitrogens with zero attached hydrogens (tertiary/aromatic N) is 2. The van der Waals surface area contributed by atoms with Crippen LogP contribution in [0, 0.1) is 0 Å². The summed E-state index contributed by atoms with van der Waals surface area (Å²) >= 11 is 0. The van der Waals surface area contributed by atoms with Crippen LogP contribution in [-0.2, 0) is 38.7 Å². The molecule has 0 spiro atoms. The molecule has 315 valence electrons. The molecule has 2 aliphatic heterocycles. The summed E-state index contributed by atoms with van der Waals surface area (Å²) in [5.74, 6) is 0.